The molecule has 3 N–H and O–H groups in total. The van der Waals surface area contributed by atoms with E-state index >= 15 is 0 Å². The number of aromatic hydroxyl groups is 2. The molecule has 3 aliphatic carbocycles. The predicted octanol–water partition coefficient (Wildman–Crippen LogP) is 5.70. The first kappa shape index (κ1) is 30.7. The van der Waals surface area contributed by atoms with Crippen LogP contribution in [0.15, 0.2) is 48.1 Å². The lowest BCUT2D eigenvalue weighted by molar-refractivity contribution is -0.147. The van der Waals surface area contributed by atoms with Crippen molar-refractivity contribution in [1.82, 2.24) is 5.32 Å². The van der Waals surface area contributed by atoms with Crippen molar-refractivity contribution in [2.24, 2.45) is 17.8 Å². The quantitative estimate of drug-likeness (QED) is 0.270. The van der Waals surface area contributed by atoms with Gasteiger partial charge in [-0.2, -0.15) is 0 Å². The predicted molar refractivity (Wildman–Crippen MR) is 164 cm³/mol. The van der Waals surface area contributed by atoms with Gasteiger partial charge in [0.2, 0.25) is 0 Å². The summed E-state index contributed by atoms with van der Waals surface area (Å²) in [7, 11) is 4.98. The van der Waals surface area contributed by atoms with E-state index in [1.165, 1.54) is 25.2 Å². The number of methoxy groups -OCH3 is 2. The van der Waals surface area contributed by atoms with Crippen molar-refractivity contribution >= 4 is 17.3 Å². The third kappa shape index (κ3) is 6.59. The minimum atomic E-state index is -0.564. The van der Waals surface area contributed by atoms with E-state index in [-0.39, 0.29) is 35.5 Å². The Bertz CT molecular complexity index is 1430. The van der Waals surface area contributed by atoms with Gasteiger partial charge in [0.15, 0.2) is 23.0 Å². The van der Waals surface area contributed by atoms with Crippen LogP contribution in [0.5, 0.6) is 23.0 Å². The van der Waals surface area contributed by atoms with Crippen LogP contribution in [0.1, 0.15) is 68.1 Å². The van der Waals surface area contributed by atoms with Gasteiger partial charge in [-0.25, -0.2) is 0 Å². The molecule has 0 radical (unpaired) electrons. The number of likely N-dealkylation sites (N-methyl/N-ethyl adjacent to an activating group) is 1. The Kier molecular flexibility index (Phi) is 9.45. The van der Waals surface area contributed by atoms with E-state index in [1.54, 1.807) is 31.4 Å². The van der Waals surface area contributed by atoms with Crippen LogP contribution in [0.2, 0.25) is 0 Å². The molecule has 5 unspecified atom stereocenters. The largest absolute Gasteiger partial charge is 0.504 e. The van der Waals surface area contributed by atoms with Crippen LogP contribution in [0, 0.1) is 17.8 Å². The SMILES string of the molecule is CNCC1=C2C=CC3CCC(C2C3)C(CC(=O)CC(CCc2ccc(O)c(OC)c2)OC(C)=O)c2cc(OC)c(O)cc21. The van der Waals surface area contributed by atoms with Crippen LogP contribution in [0.25, 0.3) is 5.57 Å². The van der Waals surface area contributed by atoms with Gasteiger partial charge in [-0.05, 0) is 115 Å². The first-order valence-corrected chi connectivity index (χ1v) is 15.2. The summed E-state index contributed by atoms with van der Waals surface area (Å²) in [4.78, 5) is 25.9. The van der Waals surface area contributed by atoms with Gasteiger partial charge in [-0.15, -0.1) is 0 Å². The number of phenols is 2. The van der Waals surface area contributed by atoms with Gasteiger partial charge in [-0.1, -0.05) is 18.2 Å². The lowest BCUT2D eigenvalue weighted by Crippen LogP contribution is -2.33. The molecule has 0 heterocycles. The molecule has 0 amide bonds. The van der Waals surface area contributed by atoms with Crippen molar-refractivity contribution in [3.63, 3.8) is 0 Å². The number of aryl methyl sites for hydroxylation is 1. The number of carbonyl (C=O) groups excluding carboxylic acids is 2. The number of Topliss-reactive ketones (excluding diaryl/α,β-unsaturated/α-hetero) is 1. The number of hydrogen-bond donors (Lipinski definition) is 3. The highest BCUT2D eigenvalue weighted by atomic mass is 16.5. The second-order valence-corrected chi connectivity index (χ2v) is 12.1. The molecule has 8 nitrogen and oxygen atoms in total. The summed E-state index contributed by atoms with van der Waals surface area (Å²) < 4.78 is 16.4. The fourth-order valence-corrected chi connectivity index (χ4v) is 7.49. The van der Waals surface area contributed by atoms with Crippen molar-refractivity contribution < 1.29 is 34.0 Å². The molecule has 5 atom stereocenters. The van der Waals surface area contributed by atoms with E-state index in [2.05, 4.69) is 17.5 Å². The third-order valence-corrected chi connectivity index (χ3v) is 9.42. The smallest absolute Gasteiger partial charge is 0.302 e. The van der Waals surface area contributed by atoms with Gasteiger partial charge >= 0.3 is 5.97 Å². The van der Waals surface area contributed by atoms with Crippen LogP contribution < -0.4 is 14.8 Å². The van der Waals surface area contributed by atoms with Crippen LogP contribution in [-0.2, 0) is 20.7 Å². The number of carbonyl (C=O) groups is 2. The van der Waals surface area contributed by atoms with E-state index in [0.29, 0.717) is 49.1 Å². The van der Waals surface area contributed by atoms with Crippen molar-refractivity contribution in [3.8, 4) is 23.0 Å². The number of esters is 1. The van der Waals surface area contributed by atoms with E-state index in [9.17, 15) is 19.8 Å². The molecule has 3 aliphatic rings. The molecule has 43 heavy (non-hydrogen) atoms. The highest BCUT2D eigenvalue weighted by Crippen LogP contribution is 2.55. The van der Waals surface area contributed by atoms with Crippen LogP contribution >= 0.6 is 0 Å². The van der Waals surface area contributed by atoms with Gasteiger partial charge in [0, 0.05) is 26.3 Å². The Hall–Kier alpha value is -3.78. The Morgan fingerprint density at radius 1 is 1.05 bits per heavy atom. The average Bonchev–Trinajstić information content (AvgIpc) is 3.09. The van der Waals surface area contributed by atoms with Gasteiger partial charge in [0.25, 0.3) is 0 Å². The summed E-state index contributed by atoms with van der Waals surface area (Å²) in [6.07, 6.45) is 8.70. The highest BCUT2D eigenvalue weighted by Gasteiger charge is 2.43. The van der Waals surface area contributed by atoms with Crippen molar-refractivity contribution in [2.75, 3.05) is 27.8 Å². The van der Waals surface area contributed by atoms with E-state index in [1.807, 2.05) is 13.1 Å². The Morgan fingerprint density at radius 2 is 1.81 bits per heavy atom. The maximum atomic E-state index is 13.9. The molecule has 2 bridgehead atoms. The fraction of sp³-hybridized carbons (Fsp3) is 0.486. The number of allylic oxidation sites excluding steroid dienone is 3. The highest BCUT2D eigenvalue weighted by molar-refractivity contribution is 5.83. The summed E-state index contributed by atoms with van der Waals surface area (Å²) >= 11 is 0. The number of fused-ring (bicyclic) bond motifs is 2. The number of ketones is 1. The molecule has 1 saturated carbocycles. The Labute approximate surface area is 253 Å². The molecule has 0 saturated heterocycles. The maximum Gasteiger partial charge on any atom is 0.302 e. The first-order chi connectivity index (χ1) is 20.7. The summed E-state index contributed by atoms with van der Waals surface area (Å²) in [5, 5.41) is 24.1. The van der Waals surface area contributed by atoms with E-state index < -0.39 is 12.1 Å². The van der Waals surface area contributed by atoms with Crippen molar-refractivity contribution in [2.45, 2.75) is 63.9 Å². The average molecular weight is 590 g/mol. The van der Waals surface area contributed by atoms with Crippen LogP contribution in [-0.4, -0.2) is 55.9 Å². The number of hydrogen-bond acceptors (Lipinski definition) is 8. The Morgan fingerprint density at radius 3 is 2.53 bits per heavy atom. The van der Waals surface area contributed by atoms with Crippen LogP contribution in [0.3, 0.4) is 0 Å². The molecule has 0 spiro atoms. The number of benzene rings is 2. The lowest BCUT2D eigenvalue weighted by Gasteiger charge is -2.42. The summed E-state index contributed by atoms with van der Waals surface area (Å²) in [6, 6.07) is 8.87. The van der Waals surface area contributed by atoms with E-state index in [4.69, 9.17) is 14.2 Å². The zero-order chi connectivity index (χ0) is 30.7. The summed E-state index contributed by atoms with van der Waals surface area (Å²) in [6.45, 7) is 2.02. The summed E-state index contributed by atoms with van der Waals surface area (Å²) in [5.41, 5.74) is 5.39. The molecule has 1 fully saturated rings. The molecular formula is C35H43NO7. The second kappa shape index (κ2) is 13.2. The fourth-order valence-electron chi connectivity index (χ4n) is 7.49. The van der Waals surface area contributed by atoms with Crippen molar-refractivity contribution in [3.05, 3.63) is 64.7 Å². The zero-order valence-corrected chi connectivity index (χ0v) is 25.5. The second-order valence-electron chi connectivity index (χ2n) is 12.1. The molecular weight excluding hydrogens is 546 g/mol. The number of rotatable bonds is 12. The van der Waals surface area contributed by atoms with Crippen molar-refractivity contribution in [1.29, 1.82) is 0 Å². The molecule has 5 rings (SSSR count). The zero-order valence-electron chi connectivity index (χ0n) is 25.5. The molecule has 0 aliphatic heterocycles. The van der Waals surface area contributed by atoms with Gasteiger partial charge in [0.1, 0.15) is 11.9 Å². The third-order valence-electron chi connectivity index (χ3n) is 9.42. The maximum absolute atomic E-state index is 13.9. The van der Waals surface area contributed by atoms with E-state index in [0.717, 1.165) is 36.0 Å². The summed E-state index contributed by atoms with van der Waals surface area (Å²) in [5.74, 6) is 1.66. The Balaban J connectivity index is 1.43. The standard InChI is InChI=1S/C35H43NO7/c1-20(37)43-24(9-5-22-8-12-32(39)34(14-22)41-3)15-23(38)16-28-25-10-6-21-7-11-26(27(25)13-21)31(19-36-2)29-17-33(40)35(42-4)18-30(28)29/h7-8,11-12,14,17-18,21,24-25,27-28,36,39-40H,5-6,9-10,13,15-16,19H2,1-4H3. The number of phenolic OH excluding ortho intramolecular Hbond substituents is 2. The molecule has 8 heteroatoms. The molecule has 0 aromatic heterocycles. The number of ether oxygens (including phenoxy) is 3. The lowest BCUT2D eigenvalue weighted by atomic mass is 9.62. The van der Waals surface area contributed by atoms with Crippen LogP contribution in [0.4, 0.5) is 0 Å². The number of nitrogens with one attached hydrogen (secondary N) is 1. The van der Waals surface area contributed by atoms with Gasteiger partial charge in [-0.3, -0.25) is 9.59 Å². The normalized spacial score (nSPS) is 22.8. The van der Waals surface area contributed by atoms with Gasteiger partial charge < -0.3 is 29.7 Å². The minimum Gasteiger partial charge on any atom is -0.504 e. The molecule has 2 aromatic carbocycles. The molecule has 230 valence electrons. The monoisotopic (exact) mass is 589 g/mol. The topological polar surface area (TPSA) is 114 Å². The van der Waals surface area contributed by atoms with Gasteiger partial charge in [0.05, 0.1) is 14.2 Å². The first-order valence-electron chi connectivity index (χ1n) is 15.2. The minimum absolute atomic E-state index is 0.0459. The molecule has 2 aromatic rings.